The fourth-order valence-corrected chi connectivity index (χ4v) is 2.49. The lowest BCUT2D eigenvalue weighted by molar-refractivity contribution is 0.300. The molecule has 0 N–H and O–H groups in total. The molecule has 1 aliphatic carbocycles. The summed E-state index contributed by atoms with van der Waals surface area (Å²) in [6, 6.07) is 2.98. The largest absolute Gasteiger partial charge is 0.493 e. The van der Waals surface area contributed by atoms with Crippen molar-refractivity contribution in [3.05, 3.63) is 23.5 Å². The van der Waals surface area contributed by atoms with Gasteiger partial charge in [-0.15, -0.1) is 11.6 Å². The monoisotopic (exact) mass is 258 g/mol. The van der Waals surface area contributed by atoms with E-state index < -0.39 is 0 Å². The van der Waals surface area contributed by atoms with Gasteiger partial charge in [-0.3, -0.25) is 0 Å². The van der Waals surface area contributed by atoms with Crippen molar-refractivity contribution in [2.24, 2.45) is 5.92 Å². The van der Waals surface area contributed by atoms with Crippen molar-refractivity contribution in [1.29, 1.82) is 0 Å². The highest BCUT2D eigenvalue weighted by Gasteiger charge is 2.29. The number of hydrogen-bond acceptors (Lipinski definition) is 2. The van der Waals surface area contributed by atoms with E-state index in [9.17, 15) is 4.39 Å². The summed E-state index contributed by atoms with van der Waals surface area (Å²) >= 11 is 6.30. The Morgan fingerprint density at radius 3 is 2.29 bits per heavy atom. The van der Waals surface area contributed by atoms with Crippen LogP contribution in [0.3, 0.4) is 0 Å². The van der Waals surface area contributed by atoms with Gasteiger partial charge >= 0.3 is 0 Å². The van der Waals surface area contributed by atoms with Crippen LogP contribution >= 0.6 is 11.6 Å². The molecule has 2 nitrogen and oxygen atoms in total. The molecular weight excluding hydrogens is 243 g/mol. The van der Waals surface area contributed by atoms with Crippen molar-refractivity contribution in [3.63, 3.8) is 0 Å². The zero-order valence-electron chi connectivity index (χ0n) is 10.0. The first-order valence-corrected chi connectivity index (χ1v) is 6.16. The van der Waals surface area contributed by atoms with Crippen LogP contribution in [-0.4, -0.2) is 14.2 Å². The van der Waals surface area contributed by atoms with Crippen LogP contribution in [0.25, 0.3) is 0 Å². The van der Waals surface area contributed by atoms with Crippen LogP contribution in [0.4, 0.5) is 4.39 Å². The van der Waals surface area contributed by atoms with Gasteiger partial charge in [0, 0.05) is 11.6 Å². The predicted molar refractivity (Wildman–Crippen MR) is 65.4 cm³/mol. The molecule has 1 fully saturated rings. The Balaban J connectivity index is 2.32. The molecule has 0 radical (unpaired) electrons. The molecule has 1 aromatic rings. The SMILES string of the molecule is COc1cc(F)c(C(Cl)C2CCC2)cc1OC. The number of benzene rings is 1. The molecule has 4 heteroatoms. The predicted octanol–water partition coefficient (Wildman–Crippen LogP) is 3.92. The molecular formula is C13H16ClFO2. The Hall–Kier alpha value is -0.960. The summed E-state index contributed by atoms with van der Waals surface area (Å²) < 4.78 is 24.1. The molecule has 0 heterocycles. The third kappa shape index (κ3) is 2.34. The first kappa shape index (κ1) is 12.5. The third-order valence-corrected chi connectivity index (χ3v) is 3.96. The second kappa shape index (κ2) is 5.13. The summed E-state index contributed by atoms with van der Waals surface area (Å²) in [5.74, 6) is 0.971. The number of halogens is 2. The van der Waals surface area contributed by atoms with Crippen LogP contribution in [-0.2, 0) is 0 Å². The maximum atomic E-state index is 13.9. The van der Waals surface area contributed by atoms with Crippen LogP contribution in [0.2, 0.25) is 0 Å². The van der Waals surface area contributed by atoms with Crippen LogP contribution in [0.15, 0.2) is 12.1 Å². The van der Waals surface area contributed by atoms with Gasteiger partial charge in [0.1, 0.15) is 5.82 Å². The average Bonchev–Trinajstić information content (AvgIpc) is 2.26. The van der Waals surface area contributed by atoms with E-state index >= 15 is 0 Å². The van der Waals surface area contributed by atoms with E-state index in [1.807, 2.05) is 0 Å². The van der Waals surface area contributed by atoms with Crippen LogP contribution in [0.1, 0.15) is 30.2 Å². The second-order valence-electron chi connectivity index (χ2n) is 4.32. The van der Waals surface area contributed by atoms with Crippen molar-refractivity contribution < 1.29 is 13.9 Å². The van der Waals surface area contributed by atoms with Gasteiger partial charge in [-0.05, 0) is 24.8 Å². The number of alkyl halides is 1. The Bertz CT molecular complexity index is 405. The van der Waals surface area contributed by atoms with Gasteiger partial charge in [-0.2, -0.15) is 0 Å². The lowest BCUT2D eigenvalue weighted by Crippen LogP contribution is -2.17. The molecule has 0 amide bonds. The maximum Gasteiger partial charge on any atom is 0.163 e. The number of rotatable bonds is 4. The number of methoxy groups -OCH3 is 2. The zero-order valence-corrected chi connectivity index (χ0v) is 10.8. The topological polar surface area (TPSA) is 18.5 Å². The molecule has 0 saturated heterocycles. The Morgan fingerprint density at radius 2 is 1.82 bits per heavy atom. The van der Waals surface area contributed by atoms with E-state index in [1.54, 1.807) is 6.07 Å². The summed E-state index contributed by atoms with van der Waals surface area (Å²) in [5, 5.41) is -0.274. The van der Waals surface area contributed by atoms with Crippen molar-refractivity contribution in [2.45, 2.75) is 24.6 Å². The summed E-state index contributed by atoms with van der Waals surface area (Å²) in [6.07, 6.45) is 3.33. The fourth-order valence-electron chi connectivity index (χ4n) is 2.07. The summed E-state index contributed by atoms with van der Waals surface area (Å²) in [4.78, 5) is 0. The standard InChI is InChI=1S/C13H16ClFO2/c1-16-11-6-9(10(15)7-12(11)17-2)13(14)8-4-3-5-8/h6-8,13H,3-5H2,1-2H3. The molecule has 1 saturated carbocycles. The molecule has 1 aromatic carbocycles. The summed E-state index contributed by atoms with van der Waals surface area (Å²) in [5.41, 5.74) is 0.508. The van der Waals surface area contributed by atoms with Gasteiger partial charge < -0.3 is 9.47 Å². The highest BCUT2D eigenvalue weighted by molar-refractivity contribution is 6.21. The molecule has 1 unspecified atom stereocenters. The molecule has 94 valence electrons. The van der Waals surface area contributed by atoms with Crippen molar-refractivity contribution in [2.75, 3.05) is 14.2 Å². The second-order valence-corrected chi connectivity index (χ2v) is 4.79. The zero-order chi connectivity index (χ0) is 12.4. The molecule has 0 aromatic heterocycles. The average molecular weight is 259 g/mol. The minimum Gasteiger partial charge on any atom is -0.493 e. The van der Waals surface area contributed by atoms with Crippen LogP contribution in [0.5, 0.6) is 11.5 Å². The molecule has 1 atom stereocenters. The van der Waals surface area contributed by atoms with Crippen LogP contribution < -0.4 is 9.47 Å². The lowest BCUT2D eigenvalue weighted by Gasteiger charge is -2.30. The molecule has 17 heavy (non-hydrogen) atoms. The Kier molecular flexibility index (Phi) is 3.77. The third-order valence-electron chi connectivity index (χ3n) is 3.36. The van der Waals surface area contributed by atoms with Crippen LogP contribution in [0, 0.1) is 11.7 Å². The van der Waals surface area contributed by atoms with Crippen molar-refractivity contribution in [1.82, 2.24) is 0 Å². The van der Waals surface area contributed by atoms with Gasteiger partial charge in [0.15, 0.2) is 11.5 Å². The Labute approximate surface area is 106 Å². The van der Waals surface area contributed by atoms with Crippen molar-refractivity contribution in [3.8, 4) is 11.5 Å². The minimum absolute atomic E-state index is 0.274. The molecule has 2 rings (SSSR count). The van der Waals surface area contributed by atoms with E-state index in [-0.39, 0.29) is 11.2 Å². The van der Waals surface area contributed by atoms with E-state index in [1.165, 1.54) is 26.7 Å². The van der Waals surface area contributed by atoms with E-state index in [2.05, 4.69) is 0 Å². The maximum absolute atomic E-state index is 13.9. The summed E-state index contributed by atoms with van der Waals surface area (Å²) in [6.45, 7) is 0. The minimum atomic E-state index is -0.324. The quantitative estimate of drug-likeness (QED) is 0.762. The van der Waals surface area contributed by atoms with Crippen molar-refractivity contribution >= 4 is 11.6 Å². The normalized spacial score (nSPS) is 17.4. The number of ether oxygens (including phenoxy) is 2. The molecule has 0 aliphatic heterocycles. The molecule has 1 aliphatic rings. The van der Waals surface area contributed by atoms with Gasteiger partial charge in [0.05, 0.1) is 19.6 Å². The summed E-state index contributed by atoms with van der Waals surface area (Å²) in [7, 11) is 3.02. The highest BCUT2D eigenvalue weighted by atomic mass is 35.5. The first-order valence-electron chi connectivity index (χ1n) is 5.73. The first-order chi connectivity index (χ1) is 8.17. The fraction of sp³-hybridized carbons (Fsp3) is 0.538. The number of hydrogen-bond donors (Lipinski definition) is 0. The lowest BCUT2D eigenvalue weighted by atomic mass is 9.80. The van der Waals surface area contributed by atoms with E-state index in [4.69, 9.17) is 21.1 Å². The molecule has 0 spiro atoms. The van der Waals surface area contributed by atoms with E-state index in [0.717, 1.165) is 12.8 Å². The Morgan fingerprint density at radius 1 is 1.24 bits per heavy atom. The molecule has 0 bridgehead atoms. The smallest absolute Gasteiger partial charge is 0.163 e. The van der Waals surface area contributed by atoms with E-state index in [0.29, 0.717) is 23.0 Å². The highest BCUT2D eigenvalue weighted by Crippen LogP contribution is 2.44. The van der Waals surface area contributed by atoms with Gasteiger partial charge in [-0.25, -0.2) is 4.39 Å². The van der Waals surface area contributed by atoms with Gasteiger partial charge in [-0.1, -0.05) is 6.42 Å². The van der Waals surface area contributed by atoms with Gasteiger partial charge in [0.25, 0.3) is 0 Å². The van der Waals surface area contributed by atoms with Gasteiger partial charge in [0.2, 0.25) is 0 Å².